The van der Waals surface area contributed by atoms with Crippen LogP contribution in [0.5, 0.6) is 5.75 Å². The topological polar surface area (TPSA) is 58.6 Å². The van der Waals surface area contributed by atoms with Crippen molar-refractivity contribution in [3.63, 3.8) is 0 Å². The molecule has 0 unspecified atom stereocenters. The van der Waals surface area contributed by atoms with Gasteiger partial charge in [-0.25, -0.2) is 0 Å². The fraction of sp³-hybridized carbons (Fsp3) is 0.429. The predicted octanol–water partition coefficient (Wildman–Crippen LogP) is 0.722. The number of benzene rings is 1. The summed E-state index contributed by atoms with van der Waals surface area (Å²) >= 11 is 0. The van der Waals surface area contributed by atoms with Crippen LogP contribution in [0.3, 0.4) is 0 Å². The Labute approximate surface area is 112 Å². The van der Waals surface area contributed by atoms with E-state index in [1.807, 2.05) is 31.2 Å². The summed E-state index contributed by atoms with van der Waals surface area (Å²) in [7, 11) is 0. The van der Waals surface area contributed by atoms with Gasteiger partial charge in [0.25, 0.3) is 5.91 Å². The van der Waals surface area contributed by atoms with E-state index in [2.05, 4.69) is 5.32 Å². The number of rotatable bonds is 3. The van der Waals surface area contributed by atoms with Crippen molar-refractivity contribution in [1.29, 1.82) is 0 Å². The average Bonchev–Trinajstić information content (AvgIpc) is 2.62. The first-order valence-corrected chi connectivity index (χ1v) is 6.40. The van der Waals surface area contributed by atoms with Gasteiger partial charge in [-0.05, 0) is 18.6 Å². The Morgan fingerprint density at radius 2 is 2.16 bits per heavy atom. The lowest BCUT2D eigenvalue weighted by Crippen LogP contribution is -2.37. The molecule has 0 atom stereocenters. The molecular formula is C14H18N2O3. The Hall–Kier alpha value is -2.04. The van der Waals surface area contributed by atoms with Crippen LogP contribution in [0.2, 0.25) is 0 Å². The van der Waals surface area contributed by atoms with Crippen molar-refractivity contribution in [2.45, 2.75) is 13.3 Å². The van der Waals surface area contributed by atoms with Crippen LogP contribution in [0, 0.1) is 6.92 Å². The first kappa shape index (κ1) is 13.4. The molecule has 1 aliphatic heterocycles. The number of hydrogen-bond donors (Lipinski definition) is 1. The zero-order valence-corrected chi connectivity index (χ0v) is 11.0. The average molecular weight is 262 g/mol. The molecule has 1 saturated heterocycles. The van der Waals surface area contributed by atoms with E-state index in [4.69, 9.17) is 4.74 Å². The Morgan fingerprint density at radius 1 is 1.37 bits per heavy atom. The number of carbonyl (C=O) groups excluding carboxylic acids is 2. The smallest absolute Gasteiger partial charge is 0.260 e. The summed E-state index contributed by atoms with van der Waals surface area (Å²) in [4.78, 5) is 24.9. The van der Waals surface area contributed by atoms with E-state index in [1.54, 1.807) is 4.90 Å². The van der Waals surface area contributed by atoms with Crippen LogP contribution in [0.15, 0.2) is 24.3 Å². The van der Waals surface area contributed by atoms with Crippen LogP contribution < -0.4 is 10.1 Å². The summed E-state index contributed by atoms with van der Waals surface area (Å²) in [5, 5.41) is 2.74. The first-order valence-electron chi connectivity index (χ1n) is 6.40. The van der Waals surface area contributed by atoms with E-state index < -0.39 is 0 Å². The minimum absolute atomic E-state index is 0.00452. The van der Waals surface area contributed by atoms with Gasteiger partial charge >= 0.3 is 0 Å². The molecule has 1 aromatic rings. The normalized spacial score (nSPS) is 15.6. The molecule has 5 nitrogen and oxygen atoms in total. The first-order chi connectivity index (χ1) is 9.16. The van der Waals surface area contributed by atoms with Crippen molar-refractivity contribution < 1.29 is 14.3 Å². The van der Waals surface area contributed by atoms with Crippen LogP contribution in [0.4, 0.5) is 0 Å². The van der Waals surface area contributed by atoms with Gasteiger partial charge in [-0.3, -0.25) is 9.59 Å². The molecule has 2 amide bonds. The molecule has 0 radical (unpaired) electrons. The van der Waals surface area contributed by atoms with Crippen LogP contribution in [0.1, 0.15) is 12.0 Å². The number of nitrogens with one attached hydrogen (secondary N) is 1. The molecule has 102 valence electrons. The Balaban J connectivity index is 1.87. The lowest BCUT2D eigenvalue weighted by Gasteiger charge is -2.19. The molecule has 1 heterocycles. The third-order valence-corrected chi connectivity index (χ3v) is 3.11. The Morgan fingerprint density at radius 3 is 2.95 bits per heavy atom. The van der Waals surface area contributed by atoms with E-state index in [1.165, 1.54) is 0 Å². The number of ether oxygens (including phenoxy) is 1. The summed E-state index contributed by atoms with van der Waals surface area (Å²) in [6, 6.07) is 7.59. The number of nitrogens with zero attached hydrogens (tertiary/aromatic N) is 1. The minimum Gasteiger partial charge on any atom is -0.484 e. The van der Waals surface area contributed by atoms with Gasteiger partial charge in [0.05, 0.1) is 0 Å². The fourth-order valence-electron chi connectivity index (χ4n) is 1.97. The van der Waals surface area contributed by atoms with E-state index in [0.29, 0.717) is 26.1 Å². The molecule has 0 aliphatic carbocycles. The zero-order valence-electron chi connectivity index (χ0n) is 11.0. The molecule has 19 heavy (non-hydrogen) atoms. The standard InChI is InChI=1S/C14H18N2O3/c1-11-4-2-3-5-12(11)19-10-14(18)16-8-6-13(17)15-7-9-16/h2-5H,6-10H2,1H3,(H,15,17). The molecule has 5 heteroatoms. The molecule has 1 N–H and O–H groups in total. The summed E-state index contributed by atoms with van der Waals surface area (Å²) in [6.07, 6.45) is 0.357. The fourth-order valence-corrected chi connectivity index (χ4v) is 1.97. The summed E-state index contributed by atoms with van der Waals surface area (Å²) < 4.78 is 5.52. The maximum Gasteiger partial charge on any atom is 0.260 e. The monoisotopic (exact) mass is 262 g/mol. The third kappa shape index (κ3) is 3.71. The third-order valence-electron chi connectivity index (χ3n) is 3.11. The highest BCUT2D eigenvalue weighted by Crippen LogP contribution is 2.16. The Kier molecular flexibility index (Phi) is 4.39. The highest BCUT2D eigenvalue weighted by atomic mass is 16.5. The molecule has 1 aliphatic rings. The van der Waals surface area contributed by atoms with Crippen molar-refractivity contribution >= 4 is 11.8 Å². The maximum atomic E-state index is 12.0. The maximum absolute atomic E-state index is 12.0. The molecule has 1 fully saturated rings. The molecule has 2 rings (SSSR count). The van der Waals surface area contributed by atoms with Crippen LogP contribution in [-0.2, 0) is 9.59 Å². The number of hydrogen-bond acceptors (Lipinski definition) is 3. The van der Waals surface area contributed by atoms with Gasteiger partial charge in [0, 0.05) is 26.1 Å². The molecule has 0 saturated carbocycles. The number of amides is 2. The lowest BCUT2D eigenvalue weighted by atomic mass is 10.2. The highest BCUT2D eigenvalue weighted by molar-refractivity contribution is 5.81. The van der Waals surface area contributed by atoms with Gasteiger partial charge in [-0.2, -0.15) is 0 Å². The largest absolute Gasteiger partial charge is 0.484 e. The van der Waals surface area contributed by atoms with Gasteiger partial charge in [0.2, 0.25) is 5.91 Å². The highest BCUT2D eigenvalue weighted by Gasteiger charge is 2.18. The van der Waals surface area contributed by atoms with Gasteiger partial charge in [-0.1, -0.05) is 18.2 Å². The molecule has 0 spiro atoms. The minimum atomic E-state index is -0.0836. The Bertz CT molecular complexity index is 474. The van der Waals surface area contributed by atoms with Crippen LogP contribution in [-0.4, -0.2) is 43.0 Å². The van der Waals surface area contributed by atoms with Crippen molar-refractivity contribution in [2.24, 2.45) is 0 Å². The second-order valence-corrected chi connectivity index (χ2v) is 4.53. The van der Waals surface area contributed by atoms with E-state index in [0.717, 1.165) is 11.3 Å². The number of carbonyl (C=O) groups is 2. The second-order valence-electron chi connectivity index (χ2n) is 4.53. The zero-order chi connectivity index (χ0) is 13.7. The van der Waals surface area contributed by atoms with Crippen LogP contribution >= 0.6 is 0 Å². The predicted molar refractivity (Wildman–Crippen MR) is 70.9 cm³/mol. The number of para-hydroxylation sites is 1. The molecular weight excluding hydrogens is 244 g/mol. The van der Waals surface area contributed by atoms with Crippen LogP contribution in [0.25, 0.3) is 0 Å². The van der Waals surface area contributed by atoms with Gasteiger partial charge < -0.3 is 15.0 Å². The van der Waals surface area contributed by atoms with Gasteiger partial charge in [0.1, 0.15) is 5.75 Å². The molecule has 0 aromatic heterocycles. The quantitative estimate of drug-likeness (QED) is 0.873. The lowest BCUT2D eigenvalue weighted by molar-refractivity contribution is -0.133. The number of aryl methyl sites for hydroxylation is 1. The van der Waals surface area contributed by atoms with E-state index in [-0.39, 0.29) is 18.4 Å². The summed E-state index contributed by atoms with van der Waals surface area (Å²) in [5.41, 5.74) is 1.00. The SMILES string of the molecule is Cc1ccccc1OCC(=O)N1CCNC(=O)CC1. The summed E-state index contributed by atoms with van der Waals surface area (Å²) in [5.74, 6) is 0.634. The van der Waals surface area contributed by atoms with E-state index >= 15 is 0 Å². The van der Waals surface area contributed by atoms with Crippen molar-refractivity contribution in [3.05, 3.63) is 29.8 Å². The van der Waals surface area contributed by atoms with Crippen molar-refractivity contribution in [3.8, 4) is 5.75 Å². The van der Waals surface area contributed by atoms with Gasteiger partial charge in [-0.15, -0.1) is 0 Å². The van der Waals surface area contributed by atoms with Gasteiger partial charge in [0.15, 0.2) is 6.61 Å². The van der Waals surface area contributed by atoms with E-state index in [9.17, 15) is 9.59 Å². The second kappa shape index (κ2) is 6.22. The summed E-state index contributed by atoms with van der Waals surface area (Å²) in [6.45, 7) is 3.46. The molecule has 0 bridgehead atoms. The molecule has 1 aromatic carbocycles. The van der Waals surface area contributed by atoms with Crippen molar-refractivity contribution in [1.82, 2.24) is 10.2 Å². The van der Waals surface area contributed by atoms with Crippen molar-refractivity contribution in [2.75, 3.05) is 26.2 Å².